The van der Waals surface area contributed by atoms with E-state index in [1.165, 1.54) is 21.7 Å². The van der Waals surface area contributed by atoms with E-state index in [-0.39, 0.29) is 5.43 Å². The normalized spacial score (nSPS) is 12.0. The van der Waals surface area contributed by atoms with Crippen LogP contribution in [0.25, 0.3) is 32.7 Å². The Morgan fingerprint density at radius 1 is 0.812 bits per heavy atom. The molecule has 2 aliphatic carbocycles. The molecular formula is C15H8O. The molecule has 0 N–H and O–H groups in total. The molecule has 0 spiro atoms. The molecule has 16 heavy (non-hydrogen) atoms. The molecule has 1 nitrogen and oxygen atoms in total. The van der Waals surface area contributed by atoms with Gasteiger partial charge in [-0.15, -0.1) is 0 Å². The van der Waals surface area contributed by atoms with E-state index < -0.39 is 0 Å². The second kappa shape index (κ2) is 2.50. The zero-order chi connectivity index (χ0) is 10.7. The van der Waals surface area contributed by atoms with E-state index in [2.05, 4.69) is 24.3 Å². The Morgan fingerprint density at radius 3 is 2.62 bits per heavy atom. The molecule has 0 aliphatic heterocycles. The Morgan fingerprint density at radius 2 is 1.69 bits per heavy atom. The first-order valence-corrected chi connectivity index (χ1v) is 5.35. The summed E-state index contributed by atoms with van der Waals surface area (Å²) in [4.78, 5) is 11.8. The number of benzene rings is 3. The minimum atomic E-state index is 0.116. The van der Waals surface area contributed by atoms with Gasteiger partial charge in [0, 0.05) is 10.9 Å². The topological polar surface area (TPSA) is 17.1 Å². The lowest BCUT2D eigenvalue weighted by molar-refractivity contribution is 1.65. The van der Waals surface area contributed by atoms with Gasteiger partial charge in [0.05, 0.1) is 0 Å². The summed E-state index contributed by atoms with van der Waals surface area (Å²) in [6, 6.07) is 16.0. The van der Waals surface area contributed by atoms with E-state index in [0.717, 1.165) is 10.9 Å². The molecule has 0 saturated heterocycles. The van der Waals surface area contributed by atoms with Crippen LogP contribution in [0.3, 0.4) is 0 Å². The smallest absolute Gasteiger partial charge is 0.186 e. The average Bonchev–Trinajstić information content (AvgIpc) is 2.69. The summed E-state index contributed by atoms with van der Waals surface area (Å²) in [7, 11) is 0. The van der Waals surface area contributed by atoms with Gasteiger partial charge in [-0.1, -0.05) is 30.3 Å². The lowest BCUT2D eigenvalue weighted by Crippen LogP contribution is -2.00. The van der Waals surface area contributed by atoms with Crippen molar-refractivity contribution in [3.63, 3.8) is 0 Å². The van der Waals surface area contributed by atoms with Crippen LogP contribution in [0.4, 0.5) is 0 Å². The van der Waals surface area contributed by atoms with Crippen LogP contribution >= 0.6 is 0 Å². The first-order valence-electron chi connectivity index (χ1n) is 5.35. The molecule has 2 aliphatic rings. The molecule has 4 rings (SSSR count). The first kappa shape index (κ1) is 8.05. The van der Waals surface area contributed by atoms with Crippen molar-refractivity contribution in [2.75, 3.05) is 0 Å². The highest BCUT2D eigenvalue weighted by molar-refractivity contribution is 6.17. The van der Waals surface area contributed by atoms with Crippen molar-refractivity contribution in [1.82, 2.24) is 0 Å². The fourth-order valence-corrected chi connectivity index (χ4v) is 2.66. The molecule has 0 unspecified atom stereocenters. The zero-order valence-electron chi connectivity index (χ0n) is 8.53. The largest absolute Gasteiger partial charge is 0.289 e. The lowest BCUT2D eigenvalue weighted by atomic mass is 9.97. The first-order chi connectivity index (χ1) is 7.84. The van der Waals surface area contributed by atoms with Crippen molar-refractivity contribution in [2.45, 2.75) is 0 Å². The van der Waals surface area contributed by atoms with Crippen LogP contribution in [-0.4, -0.2) is 0 Å². The molecule has 0 aromatic heterocycles. The van der Waals surface area contributed by atoms with Gasteiger partial charge < -0.3 is 0 Å². The van der Waals surface area contributed by atoms with Crippen LogP contribution < -0.4 is 5.43 Å². The van der Waals surface area contributed by atoms with Crippen LogP contribution in [0.5, 0.6) is 0 Å². The second-order valence-electron chi connectivity index (χ2n) is 4.23. The molecule has 0 radical (unpaired) electrons. The fourth-order valence-electron chi connectivity index (χ4n) is 2.66. The van der Waals surface area contributed by atoms with Gasteiger partial charge in [-0.25, -0.2) is 0 Å². The van der Waals surface area contributed by atoms with Gasteiger partial charge in [0.2, 0.25) is 0 Å². The van der Waals surface area contributed by atoms with Crippen molar-refractivity contribution in [1.29, 1.82) is 0 Å². The van der Waals surface area contributed by atoms with E-state index >= 15 is 0 Å². The Labute approximate surface area is 92.0 Å². The molecule has 2 aromatic carbocycles. The standard InChI is InChI=1S/C15H8O/c16-13-7-5-11-8-10-3-1-2-9-4-6-12(13)15(11)14(9)10/h1-8H. The molecular weight excluding hydrogens is 196 g/mol. The van der Waals surface area contributed by atoms with Gasteiger partial charge in [0.15, 0.2) is 5.43 Å². The molecule has 0 fully saturated rings. The molecule has 0 heterocycles. The van der Waals surface area contributed by atoms with E-state index in [4.69, 9.17) is 0 Å². The second-order valence-corrected chi connectivity index (χ2v) is 4.23. The highest BCUT2D eigenvalue weighted by Crippen LogP contribution is 2.39. The van der Waals surface area contributed by atoms with E-state index in [0.29, 0.717) is 0 Å². The molecule has 0 bridgehead atoms. The summed E-state index contributed by atoms with van der Waals surface area (Å²) in [5.41, 5.74) is 2.41. The van der Waals surface area contributed by atoms with Crippen molar-refractivity contribution >= 4 is 21.5 Å². The van der Waals surface area contributed by atoms with Crippen molar-refractivity contribution in [3.05, 3.63) is 58.8 Å². The van der Waals surface area contributed by atoms with Gasteiger partial charge in [0.1, 0.15) is 0 Å². The van der Waals surface area contributed by atoms with Crippen molar-refractivity contribution in [3.8, 4) is 11.1 Å². The summed E-state index contributed by atoms with van der Waals surface area (Å²) in [5.74, 6) is 0. The third-order valence-corrected chi connectivity index (χ3v) is 3.36. The van der Waals surface area contributed by atoms with Crippen LogP contribution in [-0.2, 0) is 0 Å². The van der Waals surface area contributed by atoms with Gasteiger partial charge in [-0.2, -0.15) is 0 Å². The van der Waals surface area contributed by atoms with Gasteiger partial charge >= 0.3 is 0 Å². The summed E-state index contributed by atoms with van der Waals surface area (Å²) in [6.45, 7) is 0. The Hall–Kier alpha value is -2.15. The number of hydrogen-bond acceptors (Lipinski definition) is 1. The van der Waals surface area contributed by atoms with Crippen LogP contribution in [0.15, 0.2) is 53.3 Å². The maximum atomic E-state index is 11.8. The van der Waals surface area contributed by atoms with Crippen LogP contribution in [0, 0.1) is 0 Å². The highest BCUT2D eigenvalue weighted by Gasteiger charge is 2.15. The van der Waals surface area contributed by atoms with E-state index in [9.17, 15) is 4.79 Å². The summed E-state index contributed by atoms with van der Waals surface area (Å²) < 4.78 is 0. The average molecular weight is 204 g/mol. The zero-order valence-corrected chi connectivity index (χ0v) is 8.53. The summed E-state index contributed by atoms with van der Waals surface area (Å²) in [6.07, 6.45) is 0. The maximum absolute atomic E-state index is 11.8. The van der Waals surface area contributed by atoms with E-state index in [1.54, 1.807) is 6.07 Å². The molecule has 2 aromatic rings. The predicted octanol–water partition coefficient (Wildman–Crippen LogP) is 3.33. The van der Waals surface area contributed by atoms with Crippen molar-refractivity contribution < 1.29 is 0 Å². The van der Waals surface area contributed by atoms with Gasteiger partial charge in [0.25, 0.3) is 0 Å². The Balaban J connectivity index is 2.50. The molecule has 74 valence electrons. The summed E-state index contributed by atoms with van der Waals surface area (Å²) in [5, 5.41) is 4.51. The Kier molecular flexibility index (Phi) is 1.26. The lowest BCUT2D eigenvalue weighted by Gasteiger charge is -2.05. The SMILES string of the molecule is O=c1ccc2cc3cccc4ccc1c-2c43. The highest BCUT2D eigenvalue weighted by atomic mass is 16.1. The third-order valence-electron chi connectivity index (χ3n) is 3.36. The summed E-state index contributed by atoms with van der Waals surface area (Å²) >= 11 is 0. The Bertz CT molecular complexity index is 816. The van der Waals surface area contributed by atoms with E-state index in [1.807, 2.05) is 18.2 Å². The van der Waals surface area contributed by atoms with Crippen LogP contribution in [0.1, 0.15) is 0 Å². The number of hydrogen-bond donors (Lipinski definition) is 0. The van der Waals surface area contributed by atoms with Gasteiger partial charge in [-0.05, 0) is 39.9 Å². The third kappa shape index (κ3) is 0.797. The van der Waals surface area contributed by atoms with Crippen molar-refractivity contribution in [2.24, 2.45) is 0 Å². The predicted molar refractivity (Wildman–Crippen MR) is 66.7 cm³/mol. The minimum absolute atomic E-state index is 0.116. The monoisotopic (exact) mass is 204 g/mol. The van der Waals surface area contributed by atoms with Gasteiger partial charge in [-0.3, -0.25) is 4.79 Å². The molecule has 0 amide bonds. The molecule has 1 heteroatoms. The minimum Gasteiger partial charge on any atom is -0.289 e. The quantitative estimate of drug-likeness (QED) is 0.401. The van der Waals surface area contributed by atoms with Crippen LogP contribution in [0.2, 0.25) is 0 Å². The maximum Gasteiger partial charge on any atom is 0.186 e. The number of rotatable bonds is 0. The molecule has 0 atom stereocenters. The molecule has 0 saturated carbocycles. The fraction of sp³-hybridized carbons (Fsp3) is 0.